The number of nitrogens with zero attached hydrogens (tertiary/aromatic N) is 1. The van der Waals surface area contributed by atoms with Crippen molar-refractivity contribution in [1.82, 2.24) is 0 Å². The van der Waals surface area contributed by atoms with Crippen LogP contribution in [0.4, 0.5) is 11.4 Å². The van der Waals surface area contributed by atoms with Crippen molar-refractivity contribution in [1.29, 1.82) is 0 Å². The molecule has 0 bridgehead atoms. The van der Waals surface area contributed by atoms with Crippen molar-refractivity contribution >= 4 is 34.9 Å². The molecule has 148 valence electrons. The van der Waals surface area contributed by atoms with Crippen LogP contribution < -0.4 is 5.32 Å². The van der Waals surface area contributed by atoms with E-state index in [4.69, 9.17) is 20.8 Å². The lowest BCUT2D eigenvalue weighted by Gasteiger charge is -2.13. The summed E-state index contributed by atoms with van der Waals surface area (Å²) in [5.74, 6) is -1.13. The number of carbonyl (C=O) groups excluding carboxylic acids is 2. The van der Waals surface area contributed by atoms with Gasteiger partial charge in [0, 0.05) is 17.7 Å². The number of para-hydroxylation sites is 1. The van der Waals surface area contributed by atoms with Gasteiger partial charge in [0.05, 0.1) is 15.6 Å². The maximum atomic E-state index is 12.3. The number of ether oxygens (including phenoxy) is 1. The fourth-order valence-corrected chi connectivity index (χ4v) is 2.60. The summed E-state index contributed by atoms with van der Waals surface area (Å²) >= 11 is 5.99. The van der Waals surface area contributed by atoms with Crippen LogP contribution in [0.2, 0.25) is 5.02 Å². The molecule has 0 aliphatic rings. The highest BCUT2D eigenvalue weighted by Crippen LogP contribution is 2.25. The van der Waals surface area contributed by atoms with Crippen LogP contribution >= 0.6 is 11.6 Å². The number of anilines is 1. The van der Waals surface area contributed by atoms with E-state index in [0.717, 1.165) is 0 Å². The Labute approximate surface area is 170 Å². The highest BCUT2D eigenvalue weighted by atomic mass is 35.5. The van der Waals surface area contributed by atoms with Crippen LogP contribution in [-0.4, -0.2) is 22.9 Å². The van der Waals surface area contributed by atoms with Crippen LogP contribution in [0.3, 0.4) is 0 Å². The van der Waals surface area contributed by atoms with Crippen molar-refractivity contribution < 1.29 is 23.7 Å². The highest BCUT2D eigenvalue weighted by molar-refractivity contribution is 6.33. The zero-order valence-corrected chi connectivity index (χ0v) is 15.9. The molecule has 1 atom stereocenters. The first kappa shape index (κ1) is 20.1. The lowest BCUT2D eigenvalue weighted by Crippen LogP contribution is -2.30. The van der Waals surface area contributed by atoms with Gasteiger partial charge in [-0.2, -0.15) is 0 Å². The predicted molar refractivity (Wildman–Crippen MR) is 106 cm³/mol. The summed E-state index contributed by atoms with van der Waals surface area (Å²) in [5, 5.41) is 13.7. The van der Waals surface area contributed by atoms with E-state index in [1.807, 2.05) is 0 Å². The minimum atomic E-state index is -1.09. The van der Waals surface area contributed by atoms with Crippen molar-refractivity contribution in [3.63, 3.8) is 0 Å². The molecule has 0 aliphatic heterocycles. The van der Waals surface area contributed by atoms with E-state index in [-0.39, 0.29) is 11.4 Å². The number of amides is 1. The Morgan fingerprint density at radius 3 is 2.45 bits per heavy atom. The molecule has 0 saturated heterocycles. The van der Waals surface area contributed by atoms with Gasteiger partial charge in [-0.1, -0.05) is 23.7 Å². The third kappa shape index (κ3) is 4.80. The number of halogens is 1. The average Bonchev–Trinajstić information content (AvgIpc) is 3.20. The van der Waals surface area contributed by atoms with E-state index < -0.39 is 22.9 Å². The lowest BCUT2D eigenvalue weighted by molar-refractivity contribution is -0.384. The second-order valence-corrected chi connectivity index (χ2v) is 6.39. The number of hydrogen-bond acceptors (Lipinski definition) is 6. The Balaban J connectivity index is 1.64. The molecule has 0 radical (unpaired) electrons. The van der Waals surface area contributed by atoms with Crippen molar-refractivity contribution in [2.24, 2.45) is 0 Å². The molecule has 1 amide bonds. The van der Waals surface area contributed by atoms with Crippen molar-refractivity contribution in [2.75, 3.05) is 5.32 Å². The van der Waals surface area contributed by atoms with Crippen LogP contribution in [-0.2, 0) is 9.53 Å². The van der Waals surface area contributed by atoms with Crippen LogP contribution in [0.25, 0.3) is 11.3 Å². The number of non-ortho nitro benzene ring substituents is 1. The van der Waals surface area contributed by atoms with Gasteiger partial charge < -0.3 is 14.5 Å². The number of carbonyl (C=O) groups is 2. The minimum absolute atomic E-state index is 0.0571. The molecule has 0 fully saturated rings. The molecule has 0 aliphatic carbocycles. The molecule has 0 spiro atoms. The molecule has 1 N–H and O–H groups in total. The summed E-state index contributed by atoms with van der Waals surface area (Å²) in [7, 11) is 0. The summed E-state index contributed by atoms with van der Waals surface area (Å²) < 4.78 is 10.6. The van der Waals surface area contributed by atoms with Crippen molar-refractivity contribution in [3.8, 4) is 11.3 Å². The maximum absolute atomic E-state index is 12.3. The van der Waals surface area contributed by atoms with E-state index in [1.54, 1.807) is 24.3 Å². The third-order valence-electron chi connectivity index (χ3n) is 3.95. The molecule has 1 heterocycles. The summed E-state index contributed by atoms with van der Waals surface area (Å²) in [6, 6.07) is 15.3. The van der Waals surface area contributed by atoms with Gasteiger partial charge in [0.2, 0.25) is 5.76 Å². The zero-order valence-electron chi connectivity index (χ0n) is 15.1. The molecular weight excluding hydrogens is 400 g/mol. The van der Waals surface area contributed by atoms with Crippen LogP contribution in [0.15, 0.2) is 65.1 Å². The molecular formula is C20H15ClN2O6. The number of furan rings is 1. The minimum Gasteiger partial charge on any atom is -0.449 e. The van der Waals surface area contributed by atoms with Crippen LogP contribution in [0.5, 0.6) is 0 Å². The topological polar surface area (TPSA) is 112 Å². The van der Waals surface area contributed by atoms with Gasteiger partial charge in [-0.3, -0.25) is 14.9 Å². The Bertz CT molecular complexity index is 1060. The summed E-state index contributed by atoms with van der Waals surface area (Å²) in [6.45, 7) is 1.42. The summed E-state index contributed by atoms with van der Waals surface area (Å²) in [5.41, 5.74) is 0.901. The van der Waals surface area contributed by atoms with Gasteiger partial charge in [-0.05, 0) is 43.3 Å². The molecule has 2 aromatic carbocycles. The number of nitro benzene ring substituents is 1. The fraction of sp³-hybridized carbons (Fsp3) is 0.100. The van der Waals surface area contributed by atoms with Crippen molar-refractivity contribution in [2.45, 2.75) is 13.0 Å². The largest absolute Gasteiger partial charge is 0.449 e. The maximum Gasteiger partial charge on any atom is 0.375 e. The number of benzene rings is 2. The van der Waals surface area contributed by atoms with E-state index in [2.05, 4.69) is 5.32 Å². The van der Waals surface area contributed by atoms with E-state index in [9.17, 15) is 19.7 Å². The number of hydrogen-bond donors (Lipinski definition) is 1. The molecule has 3 aromatic rings. The van der Waals surface area contributed by atoms with Crippen molar-refractivity contribution in [3.05, 3.63) is 81.6 Å². The van der Waals surface area contributed by atoms with Crippen LogP contribution in [0.1, 0.15) is 17.5 Å². The first-order valence-electron chi connectivity index (χ1n) is 8.46. The van der Waals surface area contributed by atoms with Gasteiger partial charge in [0.25, 0.3) is 11.6 Å². The van der Waals surface area contributed by atoms with E-state index in [0.29, 0.717) is 22.0 Å². The zero-order chi connectivity index (χ0) is 21.0. The van der Waals surface area contributed by atoms with Gasteiger partial charge in [0.15, 0.2) is 6.10 Å². The second-order valence-electron chi connectivity index (χ2n) is 5.98. The SMILES string of the molecule is C[C@H](OC(=O)c1ccc(-c2ccc([N+](=O)[O-])cc2)o1)C(=O)Nc1ccccc1Cl. The van der Waals surface area contributed by atoms with E-state index in [1.165, 1.54) is 43.3 Å². The Morgan fingerprint density at radius 1 is 1.10 bits per heavy atom. The van der Waals surface area contributed by atoms with Gasteiger partial charge in [-0.15, -0.1) is 0 Å². The summed E-state index contributed by atoms with van der Waals surface area (Å²) in [6.07, 6.45) is -1.09. The highest BCUT2D eigenvalue weighted by Gasteiger charge is 2.22. The predicted octanol–water partition coefficient (Wildman–Crippen LogP) is 4.69. The standard InChI is InChI=1S/C20H15ClN2O6/c1-12(19(24)22-16-5-3-2-4-15(16)21)28-20(25)18-11-10-17(29-18)13-6-8-14(9-7-13)23(26)27/h2-12H,1H3,(H,22,24)/t12-/m0/s1. The third-order valence-corrected chi connectivity index (χ3v) is 4.28. The molecule has 0 unspecified atom stereocenters. The van der Waals surface area contributed by atoms with Gasteiger partial charge in [0.1, 0.15) is 5.76 Å². The number of esters is 1. The molecule has 9 heteroatoms. The quantitative estimate of drug-likeness (QED) is 0.355. The fourth-order valence-electron chi connectivity index (χ4n) is 2.42. The lowest BCUT2D eigenvalue weighted by atomic mass is 10.1. The number of rotatable bonds is 6. The normalized spacial score (nSPS) is 11.5. The first-order valence-corrected chi connectivity index (χ1v) is 8.84. The molecule has 29 heavy (non-hydrogen) atoms. The van der Waals surface area contributed by atoms with Gasteiger partial charge in [-0.25, -0.2) is 4.79 Å². The molecule has 1 aromatic heterocycles. The average molecular weight is 415 g/mol. The Morgan fingerprint density at radius 2 is 1.79 bits per heavy atom. The van der Waals surface area contributed by atoms with E-state index >= 15 is 0 Å². The van der Waals surface area contributed by atoms with Crippen LogP contribution in [0, 0.1) is 10.1 Å². The second kappa shape index (κ2) is 8.57. The Kier molecular flexibility index (Phi) is 5.94. The Hall–Kier alpha value is -3.65. The monoisotopic (exact) mass is 414 g/mol. The smallest absolute Gasteiger partial charge is 0.375 e. The summed E-state index contributed by atoms with van der Waals surface area (Å²) in [4.78, 5) is 34.7. The molecule has 0 saturated carbocycles. The van der Waals surface area contributed by atoms with Gasteiger partial charge >= 0.3 is 5.97 Å². The number of nitro groups is 1. The first-order chi connectivity index (χ1) is 13.8. The molecule has 3 rings (SSSR count). The number of nitrogens with one attached hydrogen (secondary N) is 1. The molecule has 8 nitrogen and oxygen atoms in total.